The van der Waals surface area contributed by atoms with Gasteiger partial charge in [-0.1, -0.05) is 0 Å². The zero-order valence-corrected chi connectivity index (χ0v) is 15.9. The molecule has 2 rings (SSSR count). The van der Waals surface area contributed by atoms with E-state index in [9.17, 15) is 14.4 Å². The van der Waals surface area contributed by atoms with Gasteiger partial charge in [0.1, 0.15) is 0 Å². The van der Waals surface area contributed by atoms with Crippen LogP contribution in [0, 0.1) is 0 Å². The lowest BCUT2D eigenvalue weighted by Crippen LogP contribution is -2.32. The van der Waals surface area contributed by atoms with Gasteiger partial charge in [0, 0.05) is 11.3 Å². The first kappa shape index (κ1) is 20.8. The average Bonchev–Trinajstić information content (AvgIpc) is 2.72. The minimum Gasteiger partial charge on any atom is -0.493 e. The number of carbonyl (C=O) groups excluding carboxylic acids is 3. The molecule has 0 saturated carbocycles. The highest BCUT2D eigenvalue weighted by atomic mass is 16.5. The fourth-order valence-electron chi connectivity index (χ4n) is 2.35. The van der Waals surface area contributed by atoms with Crippen molar-refractivity contribution in [2.24, 2.45) is 0 Å². The van der Waals surface area contributed by atoms with Crippen LogP contribution in [0.1, 0.15) is 27.6 Å². The molecule has 0 atom stereocenters. The molecule has 0 bridgehead atoms. The number of hydrogen-bond donors (Lipinski definition) is 2. The van der Waals surface area contributed by atoms with Gasteiger partial charge in [-0.25, -0.2) is 4.79 Å². The molecule has 0 spiro atoms. The summed E-state index contributed by atoms with van der Waals surface area (Å²) in [5.41, 5.74) is 1.23. The van der Waals surface area contributed by atoms with Crippen molar-refractivity contribution in [2.45, 2.75) is 6.92 Å². The average molecular weight is 386 g/mol. The molecule has 2 N–H and O–H groups in total. The molecular formula is C20H22N2O6. The molecule has 28 heavy (non-hydrogen) atoms. The van der Waals surface area contributed by atoms with Crippen LogP contribution in [-0.4, -0.2) is 45.2 Å². The molecule has 0 heterocycles. The smallest absolute Gasteiger partial charge is 0.338 e. The molecule has 0 radical (unpaired) electrons. The number of hydrogen-bond acceptors (Lipinski definition) is 6. The summed E-state index contributed by atoms with van der Waals surface area (Å²) >= 11 is 0. The Morgan fingerprint density at radius 3 is 2.14 bits per heavy atom. The SMILES string of the molecule is CCOC(=O)c1ccc(NC(=O)CNC(=O)c2ccc(OC)c(OC)c2)cc1. The topological polar surface area (TPSA) is 103 Å². The van der Waals surface area contributed by atoms with Crippen molar-refractivity contribution in [3.63, 3.8) is 0 Å². The molecule has 0 aliphatic rings. The van der Waals surface area contributed by atoms with Crippen molar-refractivity contribution in [3.8, 4) is 11.5 Å². The van der Waals surface area contributed by atoms with Crippen LogP contribution in [0.15, 0.2) is 42.5 Å². The Balaban J connectivity index is 1.90. The van der Waals surface area contributed by atoms with E-state index in [0.717, 1.165) is 0 Å². The van der Waals surface area contributed by atoms with E-state index >= 15 is 0 Å². The first-order chi connectivity index (χ1) is 13.5. The predicted molar refractivity (Wildman–Crippen MR) is 103 cm³/mol. The summed E-state index contributed by atoms with van der Waals surface area (Å²) in [6.07, 6.45) is 0. The van der Waals surface area contributed by atoms with Crippen LogP contribution >= 0.6 is 0 Å². The van der Waals surface area contributed by atoms with Crippen molar-refractivity contribution in [3.05, 3.63) is 53.6 Å². The summed E-state index contributed by atoms with van der Waals surface area (Å²) in [4.78, 5) is 35.8. The molecule has 0 unspecified atom stereocenters. The Hall–Kier alpha value is -3.55. The monoisotopic (exact) mass is 386 g/mol. The van der Waals surface area contributed by atoms with Crippen LogP contribution in [0.5, 0.6) is 11.5 Å². The fraction of sp³-hybridized carbons (Fsp3) is 0.250. The van der Waals surface area contributed by atoms with E-state index in [0.29, 0.717) is 28.3 Å². The predicted octanol–water partition coefficient (Wildman–Crippen LogP) is 2.25. The summed E-state index contributed by atoms with van der Waals surface area (Å²) in [5.74, 6) is -0.335. The third kappa shape index (κ3) is 5.47. The molecule has 2 aromatic rings. The normalized spacial score (nSPS) is 9.96. The zero-order chi connectivity index (χ0) is 20.5. The zero-order valence-electron chi connectivity index (χ0n) is 15.9. The summed E-state index contributed by atoms with van der Waals surface area (Å²) in [5, 5.41) is 5.17. The molecule has 0 aliphatic heterocycles. The van der Waals surface area contributed by atoms with Gasteiger partial charge in [-0.2, -0.15) is 0 Å². The molecule has 8 heteroatoms. The molecular weight excluding hydrogens is 364 g/mol. The summed E-state index contributed by atoms with van der Waals surface area (Å²) in [7, 11) is 2.97. The minimum absolute atomic E-state index is 0.215. The number of methoxy groups -OCH3 is 2. The van der Waals surface area contributed by atoms with Crippen LogP contribution in [0.4, 0.5) is 5.69 Å². The number of amides is 2. The van der Waals surface area contributed by atoms with Gasteiger partial charge in [0.2, 0.25) is 5.91 Å². The van der Waals surface area contributed by atoms with E-state index in [1.807, 2.05) is 0 Å². The molecule has 148 valence electrons. The molecule has 8 nitrogen and oxygen atoms in total. The Labute approximate surface area is 162 Å². The van der Waals surface area contributed by atoms with Gasteiger partial charge in [0.05, 0.1) is 32.9 Å². The largest absolute Gasteiger partial charge is 0.493 e. The van der Waals surface area contributed by atoms with E-state index in [1.165, 1.54) is 20.3 Å². The van der Waals surface area contributed by atoms with Gasteiger partial charge in [0.25, 0.3) is 5.91 Å². The molecule has 0 aliphatic carbocycles. The maximum Gasteiger partial charge on any atom is 0.338 e. The second kappa shape index (κ2) is 9.96. The Morgan fingerprint density at radius 2 is 1.54 bits per heavy atom. The lowest BCUT2D eigenvalue weighted by Gasteiger charge is -2.10. The van der Waals surface area contributed by atoms with Crippen molar-refractivity contribution in [1.29, 1.82) is 0 Å². The molecule has 0 aromatic heterocycles. The van der Waals surface area contributed by atoms with Crippen LogP contribution in [-0.2, 0) is 9.53 Å². The first-order valence-corrected chi connectivity index (χ1v) is 8.55. The number of rotatable bonds is 8. The molecule has 2 aromatic carbocycles. The fourth-order valence-corrected chi connectivity index (χ4v) is 2.35. The minimum atomic E-state index is -0.428. The lowest BCUT2D eigenvalue weighted by molar-refractivity contribution is -0.115. The summed E-state index contributed by atoms with van der Waals surface area (Å²) in [6.45, 7) is 1.80. The number of carbonyl (C=O) groups is 3. The van der Waals surface area contributed by atoms with Crippen LogP contribution in [0.25, 0.3) is 0 Å². The van der Waals surface area contributed by atoms with Gasteiger partial charge < -0.3 is 24.8 Å². The Kier molecular flexibility index (Phi) is 7.38. The van der Waals surface area contributed by atoms with E-state index < -0.39 is 17.8 Å². The van der Waals surface area contributed by atoms with E-state index in [2.05, 4.69) is 10.6 Å². The van der Waals surface area contributed by atoms with Crippen LogP contribution in [0.3, 0.4) is 0 Å². The second-order valence-electron chi connectivity index (χ2n) is 5.60. The molecule has 2 amide bonds. The van der Waals surface area contributed by atoms with Gasteiger partial charge in [-0.15, -0.1) is 0 Å². The lowest BCUT2D eigenvalue weighted by atomic mass is 10.2. The third-order valence-corrected chi connectivity index (χ3v) is 3.74. The van der Waals surface area contributed by atoms with Crippen molar-refractivity contribution >= 4 is 23.5 Å². The first-order valence-electron chi connectivity index (χ1n) is 8.55. The number of ether oxygens (including phenoxy) is 3. The highest BCUT2D eigenvalue weighted by molar-refractivity contribution is 6.00. The molecule has 0 saturated heterocycles. The summed E-state index contributed by atoms with van der Waals surface area (Å²) in [6, 6.07) is 11.0. The van der Waals surface area contributed by atoms with E-state index in [4.69, 9.17) is 14.2 Å². The number of anilines is 1. The van der Waals surface area contributed by atoms with Crippen molar-refractivity contribution < 1.29 is 28.6 Å². The van der Waals surface area contributed by atoms with E-state index in [1.54, 1.807) is 43.3 Å². The number of esters is 1. The number of benzene rings is 2. The number of nitrogens with one attached hydrogen (secondary N) is 2. The quantitative estimate of drug-likeness (QED) is 0.675. The highest BCUT2D eigenvalue weighted by Gasteiger charge is 2.12. The van der Waals surface area contributed by atoms with Crippen molar-refractivity contribution in [1.82, 2.24) is 5.32 Å². The van der Waals surface area contributed by atoms with Crippen LogP contribution in [0.2, 0.25) is 0 Å². The molecule has 0 fully saturated rings. The highest BCUT2D eigenvalue weighted by Crippen LogP contribution is 2.27. The van der Waals surface area contributed by atoms with Gasteiger partial charge >= 0.3 is 5.97 Å². The van der Waals surface area contributed by atoms with Crippen molar-refractivity contribution in [2.75, 3.05) is 32.7 Å². The standard InChI is InChI=1S/C20H22N2O6/c1-4-28-20(25)13-5-8-15(9-6-13)22-18(23)12-21-19(24)14-7-10-16(26-2)17(11-14)27-3/h5-11H,4,12H2,1-3H3,(H,21,24)(H,22,23). The van der Waals surface area contributed by atoms with Gasteiger partial charge in [-0.3, -0.25) is 9.59 Å². The van der Waals surface area contributed by atoms with Gasteiger partial charge in [-0.05, 0) is 49.4 Å². The second-order valence-corrected chi connectivity index (χ2v) is 5.60. The van der Waals surface area contributed by atoms with E-state index in [-0.39, 0.29) is 13.2 Å². The van der Waals surface area contributed by atoms with Gasteiger partial charge in [0.15, 0.2) is 11.5 Å². The summed E-state index contributed by atoms with van der Waals surface area (Å²) < 4.78 is 15.2. The maximum absolute atomic E-state index is 12.2. The maximum atomic E-state index is 12.2. The Morgan fingerprint density at radius 1 is 0.893 bits per heavy atom. The van der Waals surface area contributed by atoms with Crippen LogP contribution < -0.4 is 20.1 Å². The third-order valence-electron chi connectivity index (χ3n) is 3.74. The Bertz CT molecular complexity index is 848.